The third-order valence-electron chi connectivity index (χ3n) is 4.10. The number of carboxylic acid groups (broad SMARTS) is 1. The Morgan fingerprint density at radius 3 is 1.89 bits per heavy atom. The fourth-order valence-corrected chi connectivity index (χ4v) is 3.76. The molecule has 0 aliphatic carbocycles. The third-order valence-corrected chi connectivity index (χ3v) is 5.74. The van der Waals surface area contributed by atoms with E-state index in [1.54, 1.807) is 0 Å². The number of ether oxygens (including phenoxy) is 1. The molecule has 0 atom stereocenters. The average Bonchev–Trinajstić information content (AvgIpc) is 2.42. The number of hydrogen-bond donors (Lipinski definition) is 1. The zero-order valence-corrected chi connectivity index (χ0v) is 20.0. The molecule has 0 amide bonds. The first kappa shape index (κ1) is 25.0. The second kappa shape index (κ2) is 8.36. The summed E-state index contributed by atoms with van der Waals surface area (Å²) in [5, 5.41) is 9.69. The van der Waals surface area contributed by atoms with Gasteiger partial charge in [-0.2, -0.15) is 0 Å². The first-order valence-corrected chi connectivity index (χ1v) is 9.58. The maximum Gasteiger partial charge on any atom is 1.00 e. The van der Waals surface area contributed by atoms with Crippen molar-refractivity contribution in [3.05, 3.63) is 35.9 Å². The van der Waals surface area contributed by atoms with Gasteiger partial charge >= 0.3 is 65.1 Å². The van der Waals surface area contributed by atoms with Gasteiger partial charge < -0.3 is 18.9 Å². The molecule has 1 heterocycles. The van der Waals surface area contributed by atoms with Crippen molar-refractivity contribution in [1.82, 2.24) is 0 Å². The van der Waals surface area contributed by atoms with Crippen LogP contribution in [0, 0.1) is 0 Å². The van der Waals surface area contributed by atoms with Crippen molar-refractivity contribution >= 4 is 37.0 Å². The van der Waals surface area contributed by atoms with Crippen molar-refractivity contribution in [1.29, 1.82) is 0 Å². The molecule has 1 aliphatic heterocycles. The first-order valence-electron chi connectivity index (χ1n) is 6.76. The Hall–Kier alpha value is -0.0500. The van der Waals surface area contributed by atoms with Crippen LogP contribution >= 0.6 is 0 Å². The normalized spacial score (nSPS) is 15.9. The molecule has 0 spiro atoms. The van der Waals surface area contributed by atoms with Crippen LogP contribution < -0.4 is 59.1 Å². The second-order valence-electron chi connectivity index (χ2n) is 5.64. The van der Waals surface area contributed by atoms with E-state index in [9.17, 15) is 35.8 Å². The number of carboxylic acids is 1. The predicted octanol–water partition coefficient (Wildman–Crippen LogP) is -5.99. The van der Waals surface area contributed by atoms with Gasteiger partial charge in [0.15, 0.2) is 0 Å². The molecular formula is C14H10Na2O9S2. The number of benzene rings is 2. The van der Waals surface area contributed by atoms with Crippen molar-refractivity contribution < 1.29 is 99.7 Å². The van der Waals surface area contributed by atoms with Gasteiger partial charge in [0, 0.05) is 0 Å². The van der Waals surface area contributed by atoms with Crippen molar-refractivity contribution in [3.8, 4) is 0 Å². The molecule has 13 heteroatoms. The van der Waals surface area contributed by atoms with Gasteiger partial charge in [-0.15, -0.1) is 0 Å². The molecule has 0 radical (unpaired) electrons. The summed E-state index contributed by atoms with van der Waals surface area (Å²) in [4.78, 5) is 10.3. The molecule has 134 valence electrons. The largest absolute Gasteiger partial charge is 1.00 e. The molecule has 9 nitrogen and oxygen atoms in total. The summed E-state index contributed by atoms with van der Waals surface area (Å²) in [6.07, 6.45) is 0. The summed E-state index contributed by atoms with van der Waals surface area (Å²) in [6, 6.07) is 4.97. The molecule has 1 aliphatic rings. The Bertz CT molecular complexity index is 1100. The minimum Gasteiger partial charge on any atom is -0.744 e. The van der Waals surface area contributed by atoms with Crippen LogP contribution in [0.25, 0.3) is 10.8 Å². The Kier molecular flexibility index (Phi) is 7.74. The number of aliphatic carboxylic acids is 1. The molecule has 1 saturated heterocycles. The molecule has 3 rings (SSSR count). The van der Waals surface area contributed by atoms with E-state index in [1.807, 2.05) is 0 Å². The van der Waals surface area contributed by atoms with Crippen molar-refractivity contribution in [2.45, 2.75) is 15.2 Å². The summed E-state index contributed by atoms with van der Waals surface area (Å²) < 4.78 is 72.6. The molecular weight excluding hydrogens is 422 g/mol. The van der Waals surface area contributed by atoms with Gasteiger partial charge in [0.1, 0.15) is 25.7 Å². The van der Waals surface area contributed by atoms with Gasteiger partial charge in [0.2, 0.25) is 0 Å². The van der Waals surface area contributed by atoms with E-state index < -0.39 is 41.4 Å². The molecule has 1 fully saturated rings. The van der Waals surface area contributed by atoms with Crippen molar-refractivity contribution in [2.75, 3.05) is 13.2 Å². The van der Waals surface area contributed by atoms with Gasteiger partial charge in [-0.3, -0.25) is 4.79 Å². The molecule has 2 aromatic rings. The van der Waals surface area contributed by atoms with E-state index in [2.05, 4.69) is 0 Å². The molecule has 0 bridgehead atoms. The molecule has 0 aromatic heterocycles. The molecule has 0 unspecified atom stereocenters. The summed E-state index contributed by atoms with van der Waals surface area (Å²) in [6.45, 7) is -0.469. The van der Waals surface area contributed by atoms with Gasteiger partial charge in [-0.25, -0.2) is 16.8 Å². The monoisotopic (exact) mass is 432 g/mol. The topological polar surface area (TPSA) is 161 Å². The number of hydrogen-bond acceptors (Lipinski definition) is 8. The van der Waals surface area contributed by atoms with E-state index >= 15 is 0 Å². The minimum atomic E-state index is -4.95. The molecule has 1 N–H and O–H groups in total. The van der Waals surface area contributed by atoms with Crippen molar-refractivity contribution in [2.24, 2.45) is 0 Å². The fourth-order valence-electron chi connectivity index (χ4n) is 2.72. The standard InChI is InChI=1S/C14H12O9S2.2Na/c15-13(16)14(6-23-7-14)12-5-10(25(20,21)22)4-8-3-9(24(17,18)19)1-2-11(8)12;;/h1-5H,6-7H2,(H,15,16)(H,17,18,19)(H,20,21,22);;/q;2*+1/p-2. The quantitative estimate of drug-likeness (QED) is 0.366. The van der Waals surface area contributed by atoms with E-state index in [4.69, 9.17) is 4.74 Å². The van der Waals surface area contributed by atoms with Gasteiger partial charge in [-0.05, 0) is 40.6 Å². The molecule has 2 aromatic carbocycles. The first-order chi connectivity index (χ1) is 11.4. The Morgan fingerprint density at radius 2 is 1.48 bits per heavy atom. The SMILES string of the molecule is O=C(O)C1(c2cc(S(=O)(=O)[O-])cc3cc(S(=O)(=O)[O-])ccc23)COC1.[Na+].[Na+]. The van der Waals surface area contributed by atoms with Crippen LogP contribution in [0.15, 0.2) is 40.1 Å². The third kappa shape index (κ3) is 4.59. The van der Waals surface area contributed by atoms with Crippen LogP contribution in [0.2, 0.25) is 0 Å². The Morgan fingerprint density at radius 1 is 0.963 bits per heavy atom. The summed E-state index contributed by atoms with van der Waals surface area (Å²) in [7, 11) is -9.76. The second-order valence-corrected chi connectivity index (χ2v) is 8.40. The Labute approximate surface area is 199 Å². The van der Waals surface area contributed by atoms with Gasteiger partial charge in [-0.1, -0.05) is 6.07 Å². The summed E-state index contributed by atoms with van der Waals surface area (Å²) in [5.74, 6) is -1.28. The van der Waals surface area contributed by atoms with Crippen molar-refractivity contribution in [3.63, 3.8) is 0 Å². The zero-order valence-electron chi connectivity index (χ0n) is 14.3. The number of rotatable bonds is 4. The molecule has 27 heavy (non-hydrogen) atoms. The van der Waals surface area contributed by atoms with Gasteiger partial charge in [0.25, 0.3) is 0 Å². The van der Waals surface area contributed by atoms with E-state index in [0.717, 1.165) is 24.3 Å². The van der Waals surface area contributed by atoms with Crippen LogP contribution in [0.4, 0.5) is 0 Å². The average molecular weight is 432 g/mol. The van der Waals surface area contributed by atoms with Crippen LogP contribution in [0.3, 0.4) is 0 Å². The maximum atomic E-state index is 11.7. The number of carbonyl (C=O) groups is 1. The van der Waals surface area contributed by atoms with Crippen LogP contribution in [0.1, 0.15) is 5.56 Å². The maximum absolute atomic E-state index is 11.7. The van der Waals surface area contributed by atoms with Crippen LogP contribution in [-0.4, -0.2) is 50.2 Å². The van der Waals surface area contributed by atoms with Crippen LogP contribution in [-0.2, 0) is 35.2 Å². The molecule has 0 saturated carbocycles. The van der Waals surface area contributed by atoms with E-state index in [1.165, 1.54) is 6.07 Å². The fraction of sp³-hybridized carbons (Fsp3) is 0.214. The minimum absolute atomic E-state index is 0. The predicted molar refractivity (Wildman–Crippen MR) is 80.0 cm³/mol. The smallest absolute Gasteiger partial charge is 0.744 e. The summed E-state index contributed by atoms with van der Waals surface area (Å²) in [5.41, 5.74) is -1.55. The van der Waals surface area contributed by atoms with E-state index in [0.29, 0.717) is 0 Å². The zero-order chi connectivity index (χ0) is 18.6. The summed E-state index contributed by atoms with van der Waals surface area (Å²) >= 11 is 0. The number of fused-ring (bicyclic) bond motifs is 1. The van der Waals surface area contributed by atoms with Gasteiger partial charge in [0.05, 0.1) is 23.0 Å². The van der Waals surface area contributed by atoms with E-state index in [-0.39, 0.29) is 88.7 Å². The van der Waals surface area contributed by atoms with Crippen LogP contribution in [0.5, 0.6) is 0 Å². The Balaban J connectivity index is 0.00000182.